The fourth-order valence-electron chi connectivity index (χ4n) is 3.81. The lowest BCUT2D eigenvalue weighted by atomic mass is 10.0. The molecule has 0 radical (unpaired) electrons. The van der Waals surface area contributed by atoms with E-state index >= 15 is 0 Å². The number of rotatable bonds is 8. The van der Waals surface area contributed by atoms with E-state index in [1.54, 1.807) is 7.11 Å². The van der Waals surface area contributed by atoms with Crippen LogP contribution in [0, 0.1) is 0 Å². The van der Waals surface area contributed by atoms with Crippen LogP contribution in [-0.4, -0.2) is 47.8 Å². The second-order valence-corrected chi connectivity index (χ2v) is 7.95. The molecule has 0 bridgehead atoms. The molecule has 1 amide bonds. The fourth-order valence-corrected chi connectivity index (χ4v) is 3.81. The number of ether oxygens (including phenoxy) is 1. The van der Waals surface area contributed by atoms with Gasteiger partial charge in [0.2, 0.25) is 0 Å². The van der Waals surface area contributed by atoms with Gasteiger partial charge in [-0.05, 0) is 37.6 Å². The van der Waals surface area contributed by atoms with Crippen LogP contribution >= 0.6 is 0 Å². The number of aromatic nitrogens is 2. The smallest absolute Gasteiger partial charge is 0.254 e. The van der Waals surface area contributed by atoms with Crippen LogP contribution in [0.1, 0.15) is 36.2 Å². The minimum absolute atomic E-state index is 0.00424. The third kappa shape index (κ3) is 4.74. The molecule has 0 aliphatic carbocycles. The normalized spacial score (nSPS) is 11.8. The second kappa shape index (κ2) is 9.69. The van der Waals surface area contributed by atoms with Crippen LogP contribution in [0.3, 0.4) is 0 Å². The maximum Gasteiger partial charge on any atom is 0.254 e. The molecule has 0 fully saturated rings. The molecular weight excluding hydrogens is 388 g/mol. The van der Waals surface area contributed by atoms with Crippen molar-refractivity contribution in [2.45, 2.75) is 32.9 Å². The molecule has 0 N–H and O–H groups in total. The Hall–Kier alpha value is -3.28. The molecular formula is C25H32N4O2. The van der Waals surface area contributed by atoms with Crippen LogP contribution in [0.4, 0.5) is 5.82 Å². The van der Waals surface area contributed by atoms with Gasteiger partial charge in [-0.3, -0.25) is 9.48 Å². The summed E-state index contributed by atoms with van der Waals surface area (Å²) in [4.78, 5) is 17.5. The Morgan fingerprint density at radius 3 is 2.29 bits per heavy atom. The molecule has 1 unspecified atom stereocenters. The van der Waals surface area contributed by atoms with Crippen molar-refractivity contribution in [1.82, 2.24) is 14.7 Å². The highest BCUT2D eigenvalue weighted by atomic mass is 16.5. The Bertz CT molecular complexity index is 1010. The standard InChI is InChI=1S/C25H32N4O2/c1-7-18(2)29(25(30)20-13-15-21(31-6)16-14-20)17-22-23(19-11-9-8-10-12-19)26-28(5)24(22)27(3)4/h8-16,18H,7,17H2,1-6H3. The zero-order valence-electron chi connectivity index (χ0n) is 19.3. The summed E-state index contributed by atoms with van der Waals surface area (Å²) < 4.78 is 7.13. The quantitative estimate of drug-likeness (QED) is 0.534. The SMILES string of the molecule is CCC(C)N(Cc1c(-c2ccccc2)nn(C)c1N(C)C)C(=O)c1ccc(OC)cc1. The van der Waals surface area contributed by atoms with Crippen LogP contribution in [0.2, 0.25) is 0 Å². The van der Waals surface area contributed by atoms with E-state index in [4.69, 9.17) is 9.84 Å². The summed E-state index contributed by atoms with van der Waals surface area (Å²) in [5.41, 5.74) is 3.64. The van der Waals surface area contributed by atoms with E-state index < -0.39 is 0 Å². The van der Waals surface area contributed by atoms with Gasteiger partial charge in [-0.25, -0.2) is 0 Å². The van der Waals surface area contributed by atoms with Gasteiger partial charge in [0, 0.05) is 43.9 Å². The van der Waals surface area contributed by atoms with Gasteiger partial charge >= 0.3 is 0 Å². The van der Waals surface area contributed by atoms with Gasteiger partial charge in [-0.15, -0.1) is 0 Å². The van der Waals surface area contributed by atoms with Crippen molar-refractivity contribution in [2.75, 3.05) is 26.1 Å². The van der Waals surface area contributed by atoms with Crippen molar-refractivity contribution < 1.29 is 9.53 Å². The summed E-state index contributed by atoms with van der Waals surface area (Å²) in [6.07, 6.45) is 0.861. The van der Waals surface area contributed by atoms with Gasteiger partial charge in [0.1, 0.15) is 11.6 Å². The number of hydrogen-bond acceptors (Lipinski definition) is 4. The molecule has 164 valence electrons. The number of methoxy groups -OCH3 is 1. The van der Waals surface area contributed by atoms with Gasteiger partial charge in [-0.1, -0.05) is 37.3 Å². The average molecular weight is 421 g/mol. The lowest BCUT2D eigenvalue weighted by Gasteiger charge is -2.30. The predicted molar refractivity (Wildman–Crippen MR) is 126 cm³/mol. The van der Waals surface area contributed by atoms with E-state index in [1.807, 2.05) is 73.2 Å². The number of aryl methyl sites for hydroxylation is 1. The van der Waals surface area contributed by atoms with Gasteiger partial charge in [0.15, 0.2) is 0 Å². The van der Waals surface area contributed by atoms with E-state index in [1.165, 1.54) is 0 Å². The fraction of sp³-hybridized carbons (Fsp3) is 0.360. The van der Waals surface area contributed by atoms with Crippen molar-refractivity contribution in [2.24, 2.45) is 7.05 Å². The van der Waals surface area contributed by atoms with E-state index in [9.17, 15) is 4.79 Å². The highest BCUT2D eigenvalue weighted by Gasteiger charge is 2.27. The molecule has 1 heterocycles. The van der Waals surface area contributed by atoms with E-state index in [0.29, 0.717) is 12.1 Å². The Kier molecular flexibility index (Phi) is 7.00. The van der Waals surface area contributed by atoms with Crippen LogP contribution in [0.5, 0.6) is 5.75 Å². The molecule has 1 atom stereocenters. The summed E-state index contributed by atoms with van der Waals surface area (Å²) in [5.74, 6) is 1.74. The summed E-state index contributed by atoms with van der Waals surface area (Å²) in [5, 5.41) is 4.82. The minimum atomic E-state index is 0.00424. The van der Waals surface area contributed by atoms with Gasteiger partial charge in [-0.2, -0.15) is 5.10 Å². The molecule has 31 heavy (non-hydrogen) atoms. The first-order chi connectivity index (χ1) is 14.9. The summed E-state index contributed by atoms with van der Waals surface area (Å²) >= 11 is 0. The largest absolute Gasteiger partial charge is 0.497 e. The van der Waals surface area contributed by atoms with Crippen LogP contribution < -0.4 is 9.64 Å². The number of hydrogen-bond donors (Lipinski definition) is 0. The first-order valence-corrected chi connectivity index (χ1v) is 10.6. The Labute approximate surface area is 185 Å². The monoisotopic (exact) mass is 420 g/mol. The lowest BCUT2D eigenvalue weighted by molar-refractivity contribution is 0.0672. The molecule has 3 rings (SSSR count). The zero-order valence-corrected chi connectivity index (χ0v) is 19.3. The molecule has 0 saturated heterocycles. The molecule has 6 nitrogen and oxygen atoms in total. The van der Waals surface area contributed by atoms with Crippen molar-refractivity contribution in [3.8, 4) is 17.0 Å². The Morgan fingerprint density at radius 1 is 1.10 bits per heavy atom. The van der Waals surface area contributed by atoms with Crippen LogP contribution in [0.25, 0.3) is 11.3 Å². The number of anilines is 1. The highest BCUT2D eigenvalue weighted by Crippen LogP contribution is 2.32. The average Bonchev–Trinajstić information content (AvgIpc) is 3.13. The highest BCUT2D eigenvalue weighted by molar-refractivity contribution is 5.94. The summed E-state index contributed by atoms with van der Waals surface area (Å²) in [6, 6.07) is 17.5. The van der Waals surface area contributed by atoms with Gasteiger partial charge in [0.25, 0.3) is 5.91 Å². The third-order valence-corrected chi connectivity index (χ3v) is 5.63. The molecule has 3 aromatic rings. The molecule has 0 aliphatic rings. The molecule has 0 spiro atoms. The summed E-state index contributed by atoms with van der Waals surface area (Å²) in [6.45, 7) is 4.67. The molecule has 2 aromatic carbocycles. The number of amides is 1. The molecule has 0 aliphatic heterocycles. The van der Waals surface area contributed by atoms with Gasteiger partial charge < -0.3 is 14.5 Å². The van der Waals surface area contributed by atoms with Crippen molar-refractivity contribution in [3.05, 3.63) is 65.7 Å². The molecule has 0 saturated carbocycles. The van der Waals surface area contributed by atoms with Gasteiger partial charge in [0.05, 0.1) is 19.3 Å². The van der Waals surface area contributed by atoms with Crippen LogP contribution in [-0.2, 0) is 13.6 Å². The topological polar surface area (TPSA) is 50.6 Å². The first kappa shape index (κ1) is 22.4. The van der Waals surface area contributed by atoms with Crippen molar-refractivity contribution in [1.29, 1.82) is 0 Å². The Morgan fingerprint density at radius 2 is 1.74 bits per heavy atom. The van der Waals surface area contributed by atoms with E-state index in [-0.39, 0.29) is 11.9 Å². The number of carbonyl (C=O) groups is 1. The number of nitrogens with zero attached hydrogens (tertiary/aromatic N) is 4. The predicted octanol–water partition coefficient (Wildman–Crippen LogP) is 4.60. The number of carbonyl (C=O) groups excluding carboxylic acids is 1. The maximum absolute atomic E-state index is 13.5. The second-order valence-electron chi connectivity index (χ2n) is 7.95. The molecule has 1 aromatic heterocycles. The van der Waals surface area contributed by atoms with Crippen LogP contribution in [0.15, 0.2) is 54.6 Å². The first-order valence-electron chi connectivity index (χ1n) is 10.6. The van der Waals surface area contributed by atoms with Crippen molar-refractivity contribution in [3.63, 3.8) is 0 Å². The van der Waals surface area contributed by atoms with E-state index in [2.05, 4.69) is 30.9 Å². The number of benzene rings is 2. The minimum Gasteiger partial charge on any atom is -0.497 e. The summed E-state index contributed by atoms with van der Waals surface area (Å²) in [7, 11) is 7.59. The Balaban J connectivity index is 2.06. The maximum atomic E-state index is 13.5. The lowest BCUT2D eigenvalue weighted by Crippen LogP contribution is -2.38. The third-order valence-electron chi connectivity index (χ3n) is 5.63. The molecule has 6 heteroatoms. The van der Waals surface area contributed by atoms with E-state index in [0.717, 1.165) is 34.8 Å². The zero-order chi connectivity index (χ0) is 22.5. The van der Waals surface area contributed by atoms with Crippen molar-refractivity contribution >= 4 is 11.7 Å².